The van der Waals surface area contributed by atoms with Gasteiger partial charge in [0.05, 0.1) is 18.3 Å². The fraction of sp³-hybridized carbons (Fsp3) is 0.583. The molecule has 2 rings (SSSR count). The lowest BCUT2D eigenvalue weighted by Crippen LogP contribution is -2.28. The molecule has 0 bridgehead atoms. The Morgan fingerprint density at radius 3 is 2.80 bits per heavy atom. The maximum atomic E-state index is 9.97. The second-order valence-corrected chi connectivity index (χ2v) is 4.19. The molecule has 1 aliphatic rings. The number of rotatable bonds is 3. The predicted molar refractivity (Wildman–Crippen MR) is 57.5 cm³/mol. The summed E-state index contributed by atoms with van der Waals surface area (Å²) in [6, 6.07) is 3.86. The Labute approximate surface area is 90.1 Å². The molecule has 15 heavy (non-hydrogen) atoms. The Balaban J connectivity index is 1.90. The number of aliphatic hydroxyl groups is 1. The topological polar surface area (TPSA) is 42.4 Å². The Hall–Kier alpha value is -0.930. The normalized spacial score (nSPS) is 27.9. The van der Waals surface area contributed by atoms with E-state index in [0.29, 0.717) is 12.5 Å². The fourth-order valence-corrected chi connectivity index (χ4v) is 2.01. The fourth-order valence-electron chi connectivity index (χ4n) is 2.01. The minimum absolute atomic E-state index is 0.00756. The minimum Gasteiger partial charge on any atom is -0.390 e. The summed E-state index contributed by atoms with van der Waals surface area (Å²) in [5, 5.41) is 9.97. The van der Waals surface area contributed by atoms with E-state index >= 15 is 0 Å². The monoisotopic (exact) mass is 207 g/mol. The van der Waals surface area contributed by atoms with E-state index in [4.69, 9.17) is 4.74 Å². The Kier molecular flexibility index (Phi) is 3.34. The van der Waals surface area contributed by atoms with Crippen molar-refractivity contribution in [2.75, 3.05) is 0 Å². The second-order valence-electron chi connectivity index (χ2n) is 4.19. The first-order valence-electron chi connectivity index (χ1n) is 5.48. The van der Waals surface area contributed by atoms with Crippen molar-refractivity contribution in [2.24, 2.45) is 0 Å². The standard InChI is InChI=1S/C12H17NO2/c1-9-2-3-12(15-9)11(14)8-10-4-6-13-7-5-10/h4-7,9,11-12,14H,2-3,8H2,1H3. The molecule has 0 saturated carbocycles. The Bertz CT molecular complexity index is 302. The second kappa shape index (κ2) is 4.73. The lowest BCUT2D eigenvalue weighted by molar-refractivity contribution is -0.0278. The van der Waals surface area contributed by atoms with E-state index in [9.17, 15) is 5.11 Å². The third kappa shape index (κ3) is 2.76. The molecular formula is C12H17NO2. The van der Waals surface area contributed by atoms with E-state index in [1.165, 1.54) is 0 Å². The van der Waals surface area contributed by atoms with Gasteiger partial charge in [-0.05, 0) is 37.5 Å². The van der Waals surface area contributed by atoms with Gasteiger partial charge in [0.2, 0.25) is 0 Å². The molecule has 2 heterocycles. The van der Waals surface area contributed by atoms with Crippen LogP contribution in [-0.4, -0.2) is 28.4 Å². The van der Waals surface area contributed by atoms with Gasteiger partial charge < -0.3 is 9.84 Å². The van der Waals surface area contributed by atoms with E-state index in [0.717, 1.165) is 18.4 Å². The van der Waals surface area contributed by atoms with E-state index in [-0.39, 0.29) is 6.10 Å². The lowest BCUT2D eigenvalue weighted by atomic mass is 10.0. The van der Waals surface area contributed by atoms with Gasteiger partial charge in [0.25, 0.3) is 0 Å². The zero-order valence-electron chi connectivity index (χ0n) is 8.97. The summed E-state index contributed by atoms with van der Waals surface area (Å²) in [4.78, 5) is 3.95. The van der Waals surface area contributed by atoms with Gasteiger partial charge in [-0.15, -0.1) is 0 Å². The number of ether oxygens (including phenoxy) is 1. The average molecular weight is 207 g/mol. The number of aromatic nitrogens is 1. The number of nitrogens with zero attached hydrogens (tertiary/aromatic N) is 1. The van der Waals surface area contributed by atoms with Crippen LogP contribution in [0.15, 0.2) is 24.5 Å². The zero-order valence-corrected chi connectivity index (χ0v) is 8.97. The van der Waals surface area contributed by atoms with Crippen molar-refractivity contribution < 1.29 is 9.84 Å². The highest BCUT2D eigenvalue weighted by Gasteiger charge is 2.28. The Morgan fingerprint density at radius 2 is 2.20 bits per heavy atom. The van der Waals surface area contributed by atoms with Crippen LogP contribution in [0.4, 0.5) is 0 Å². The summed E-state index contributed by atoms with van der Waals surface area (Å²) in [6.45, 7) is 2.05. The predicted octanol–water partition coefficient (Wildman–Crippen LogP) is 1.55. The molecule has 1 aromatic heterocycles. The summed E-state index contributed by atoms with van der Waals surface area (Å²) in [7, 11) is 0. The number of hydrogen-bond acceptors (Lipinski definition) is 3. The molecule has 82 valence electrons. The summed E-state index contributed by atoms with van der Waals surface area (Å²) in [5.41, 5.74) is 1.11. The first-order chi connectivity index (χ1) is 7.25. The largest absolute Gasteiger partial charge is 0.390 e. The van der Waals surface area contributed by atoms with Crippen molar-refractivity contribution in [3.63, 3.8) is 0 Å². The first kappa shape index (κ1) is 10.6. The minimum atomic E-state index is -0.391. The number of aliphatic hydroxyl groups excluding tert-OH is 1. The number of pyridine rings is 1. The zero-order chi connectivity index (χ0) is 10.7. The highest BCUT2D eigenvalue weighted by atomic mass is 16.5. The van der Waals surface area contributed by atoms with Crippen LogP contribution in [0.25, 0.3) is 0 Å². The van der Waals surface area contributed by atoms with Crippen LogP contribution in [0.5, 0.6) is 0 Å². The smallest absolute Gasteiger partial charge is 0.0842 e. The summed E-state index contributed by atoms with van der Waals surface area (Å²) in [6.07, 6.45) is 6.08. The average Bonchev–Trinajstić information content (AvgIpc) is 2.66. The van der Waals surface area contributed by atoms with Crippen molar-refractivity contribution >= 4 is 0 Å². The SMILES string of the molecule is CC1CCC(C(O)Cc2ccncc2)O1. The molecule has 1 N–H and O–H groups in total. The molecule has 1 aliphatic heterocycles. The van der Waals surface area contributed by atoms with E-state index < -0.39 is 6.10 Å². The van der Waals surface area contributed by atoms with Crippen molar-refractivity contribution in [1.82, 2.24) is 4.98 Å². The lowest BCUT2D eigenvalue weighted by Gasteiger charge is -2.18. The third-order valence-electron chi connectivity index (χ3n) is 2.89. The van der Waals surface area contributed by atoms with E-state index in [2.05, 4.69) is 11.9 Å². The van der Waals surface area contributed by atoms with Gasteiger partial charge in [-0.2, -0.15) is 0 Å². The van der Waals surface area contributed by atoms with E-state index in [1.54, 1.807) is 12.4 Å². The molecule has 3 nitrogen and oxygen atoms in total. The van der Waals surface area contributed by atoms with Crippen LogP contribution in [0.2, 0.25) is 0 Å². The molecule has 0 spiro atoms. The van der Waals surface area contributed by atoms with Gasteiger partial charge in [0, 0.05) is 18.8 Å². The highest BCUT2D eigenvalue weighted by molar-refractivity contribution is 5.11. The van der Waals surface area contributed by atoms with Gasteiger partial charge in [-0.1, -0.05) is 0 Å². The van der Waals surface area contributed by atoms with Gasteiger partial charge >= 0.3 is 0 Å². The molecule has 0 aromatic carbocycles. The molecule has 0 aliphatic carbocycles. The summed E-state index contributed by atoms with van der Waals surface area (Å²) in [5.74, 6) is 0. The van der Waals surface area contributed by atoms with Gasteiger partial charge in [0.15, 0.2) is 0 Å². The summed E-state index contributed by atoms with van der Waals surface area (Å²) < 4.78 is 5.63. The van der Waals surface area contributed by atoms with Crippen LogP contribution in [-0.2, 0) is 11.2 Å². The molecule has 1 saturated heterocycles. The van der Waals surface area contributed by atoms with Crippen molar-refractivity contribution in [1.29, 1.82) is 0 Å². The molecule has 0 amide bonds. The molecule has 3 atom stereocenters. The van der Waals surface area contributed by atoms with Gasteiger partial charge in [-0.3, -0.25) is 4.98 Å². The third-order valence-corrected chi connectivity index (χ3v) is 2.89. The van der Waals surface area contributed by atoms with Crippen molar-refractivity contribution in [3.05, 3.63) is 30.1 Å². The van der Waals surface area contributed by atoms with Gasteiger partial charge in [-0.25, -0.2) is 0 Å². The van der Waals surface area contributed by atoms with Crippen molar-refractivity contribution in [3.8, 4) is 0 Å². The van der Waals surface area contributed by atoms with Gasteiger partial charge in [0.1, 0.15) is 0 Å². The maximum absolute atomic E-state index is 9.97. The highest BCUT2D eigenvalue weighted by Crippen LogP contribution is 2.23. The summed E-state index contributed by atoms with van der Waals surface area (Å²) >= 11 is 0. The number of hydrogen-bond donors (Lipinski definition) is 1. The van der Waals surface area contributed by atoms with Crippen LogP contribution in [0, 0.1) is 0 Å². The molecule has 3 unspecified atom stereocenters. The maximum Gasteiger partial charge on any atom is 0.0842 e. The van der Waals surface area contributed by atoms with Crippen LogP contribution in [0.1, 0.15) is 25.3 Å². The molecular weight excluding hydrogens is 190 g/mol. The van der Waals surface area contributed by atoms with Crippen LogP contribution in [0.3, 0.4) is 0 Å². The molecule has 3 heteroatoms. The van der Waals surface area contributed by atoms with Crippen molar-refractivity contribution in [2.45, 2.75) is 44.5 Å². The quantitative estimate of drug-likeness (QED) is 0.817. The first-order valence-corrected chi connectivity index (χ1v) is 5.48. The van der Waals surface area contributed by atoms with Crippen LogP contribution >= 0.6 is 0 Å². The van der Waals surface area contributed by atoms with Crippen LogP contribution < -0.4 is 0 Å². The molecule has 0 radical (unpaired) electrons. The molecule has 1 aromatic rings. The Morgan fingerprint density at radius 1 is 1.47 bits per heavy atom. The van der Waals surface area contributed by atoms with E-state index in [1.807, 2.05) is 12.1 Å². The molecule has 1 fully saturated rings.